The predicted molar refractivity (Wildman–Crippen MR) is 116 cm³/mol. The third kappa shape index (κ3) is 9.33. The fraction of sp³-hybridized carbons (Fsp3) is 0.375. The first-order chi connectivity index (χ1) is 14.6. The van der Waals surface area contributed by atoms with Crippen molar-refractivity contribution in [3.8, 4) is 5.75 Å². The average Bonchev–Trinajstić information content (AvgIpc) is 2.70. The second-order valence-electron chi connectivity index (χ2n) is 8.18. The molecule has 0 spiro atoms. The molecule has 2 aromatic carbocycles. The van der Waals surface area contributed by atoms with Gasteiger partial charge >= 0.3 is 12.1 Å². The predicted octanol–water partition coefficient (Wildman–Crippen LogP) is 4.14. The Morgan fingerprint density at radius 3 is 2.16 bits per heavy atom. The van der Waals surface area contributed by atoms with E-state index in [2.05, 4.69) is 5.32 Å². The van der Waals surface area contributed by atoms with Gasteiger partial charge in [0, 0.05) is 6.42 Å². The van der Waals surface area contributed by atoms with Crippen LogP contribution in [-0.4, -0.2) is 34.6 Å². The van der Waals surface area contributed by atoms with Gasteiger partial charge in [0.2, 0.25) is 0 Å². The normalized spacial score (nSPS) is 12.0. The van der Waals surface area contributed by atoms with Gasteiger partial charge in [0.25, 0.3) is 0 Å². The van der Waals surface area contributed by atoms with Gasteiger partial charge in [-0.15, -0.1) is 0 Å². The summed E-state index contributed by atoms with van der Waals surface area (Å²) in [5.74, 6) is -0.747. The van der Waals surface area contributed by atoms with Gasteiger partial charge in [-0.25, -0.2) is 4.79 Å². The minimum absolute atomic E-state index is 0.173. The quantitative estimate of drug-likeness (QED) is 0.591. The smallest absolute Gasteiger partial charge is 0.408 e. The van der Waals surface area contributed by atoms with Crippen LogP contribution in [0.25, 0.3) is 0 Å². The highest BCUT2D eigenvalue weighted by Gasteiger charge is 2.25. The number of rotatable bonds is 10. The van der Waals surface area contributed by atoms with Crippen LogP contribution in [0.15, 0.2) is 54.6 Å². The van der Waals surface area contributed by atoms with Crippen LogP contribution in [0.5, 0.6) is 5.75 Å². The zero-order valence-corrected chi connectivity index (χ0v) is 18.1. The van der Waals surface area contributed by atoms with E-state index in [4.69, 9.17) is 14.6 Å². The topological polar surface area (TPSA) is 102 Å². The summed E-state index contributed by atoms with van der Waals surface area (Å²) in [6.45, 7) is 5.61. The number of hydrogen-bond donors (Lipinski definition) is 2. The maximum absolute atomic E-state index is 12.5. The zero-order chi connectivity index (χ0) is 22.9. The Balaban J connectivity index is 2.01. The average molecular weight is 427 g/mol. The first-order valence-corrected chi connectivity index (χ1v) is 10.1. The molecule has 1 unspecified atom stereocenters. The highest BCUT2D eigenvalue weighted by molar-refractivity contribution is 5.89. The number of carboxylic acid groups (broad SMARTS) is 1. The molecule has 0 radical (unpaired) electrons. The number of amides is 1. The molecule has 2 rings (SSSR count). The van der Waals surface area contributed by atoms with Gasteiger partial charge in [-0.3, -0.25) is 9.59 Å². The van der Waals surface area contributed by atoms with Crippen molar-refractivity contribution in [1.82, 2.24) is 5.32 Å². The van der Waals surface area contributed by atoms with E-state index in [0.29, 0.717) is 12.4 Å². The van der Waals surface area contributed by atoms with Crippen LogP contribution < -0.4 is 10.1 Å². The third-order valence-corrected chi connectivity index (χ3v) is 4.28. The van der Waals surface area contributed by atoms with Crippen molar-refractivity contribution >= 4 is 17.8 Å². The molecular weight excluding hydrogens is 398 g/mol. The second kappa shape index (κ2) is 11.2. The molecule has 0 heterocycles. The molecule has 1 atom stereocenters. The monoisotopic (exact) mass is 427 g/mol. The lowest BCUT2D eigenvalue weighted by molar-refractivity contribution is -0.138. The second-order valence-corrected chi connectivity index (χ2v) is 8.18. The summed E-state index contributed by atoms with van der Waals surface area (Å²) in [6.07, 6.45) is -0.966. The van der Waals surface area contributed by atoms with E-state index in [1.807, 2.05) is 42.5 Å². The number of Topliss-reactive ketones (excluding diaryl/α,β-unsaturated/α-hetero) is 1. The van der Waals surface area contributed by atoms with Crippen LogP contribution in [0.4, 0.5) is 4.79 Å². The molecule has 0 aliphatic heterocycles. The molecule has 2 N–H and O–H groups in total. The van der Waals surface area contributed by atoms with Gasteiger partial charge < -0.3 is 19.9 Å². The number of aliphatic carboxylic acids is 1. The van der Waals surface area contributed by atoms with E-state index < -0.39 is 23.7 Å². The van der Waals surface area contributed by atoms with Gasteiger partial charge in [0.1, 0.15) is 18.0 Å². The lowest BCUT2D eigenvalue weighted by atomic mass is 9.99. The maximum Gasteiger partial charge on any atom is 0.408 e. The van der Waals surface area contributed by atoms with E-state index in [0.717, 1.165) is 11.1 Å². The van der Waals surface area contributed by atoms with E-state index in [1.165, 1.54) is 0 Å². The van der Waals surface area contributed by atoms with Gasteiger partial charge in [0.05, 0.1) is 12.5 Å². The fourth-order valence-corrected chi connectivity index (χ4v) is 2.80. The number of carbonyl (C=O) groups excluding carboxylic acids is 2. The minimum Gasteiger partial charge on any atom is -0.489 e. The SMILES string of the molecule is CC(C)(C)OC(=O)NC(Cc1ccc(OCc2ccccc2)cc1)C(=O)CCC(=O)O. The van der Waals surface area contributed by atoms with Gasteiger partial charge in [-0.05, 0) is 50.5 Å². The van der Waals surface area contributed by atoms with Crippen molar-refractivity contribution < 1.29 is 29.0 Å². The largest absolute Gasteiger partial charge is 0.489 e. The first-order valence-electron chi connectivity index (χ1n) is 10.1. The van der Waals surface area contributed by atoms with Crippen molar-refractivity contribution in [3.63, 3.8) is 0 Å². The summed E-state index contributed by atoms with van der Waals surface area (Å²) in [4.78, 5) is 35.5. The molecule has 0 aliphatic rings. The van der Waals surface area contributed by atoms with E-state index in [9.17, 15) is 14.4 Å². The fourth-order valence-electron chi connectivity index (χ4n) is 2.80. The number of ether oxygens (including phenoxy) is 2. The van der Waals surface area contributed by atoms with Crippen LogP contribution in [0.2, 0.25) is 0 Å². The Morgan fingerprint density at radius 1 is 0.935 bits per heavy atom. The van der Waals surface area contributed by atoms with Crippen LogP contribution in [0.1, 0.15) is 44.7 Å². The standard InChI is InChI=1S/C24H29NO6/c1-24(2,3)31-23(29)25-20(21(26)13-14-22(27)28)15-17-9-11-19(12-10-17)30-16-18-7-5-4-6-8-18/h4-12,20H,13-16H2,1-3H3,(H,25,29)(H,27,28). The maximum atomic E-state index is 12.5. The molecule has 0 saturated heterocycles. The molecule has 0 aliphatic carbocycles. The van der Waals surface area contributed by atoms with E-state index >= 15 is 0 Å². The van der Waals surface area contributed by atoms with E-state index in [-0.39, 0.29) is 25.0 Å². The molecule has 31 heavy (non-hydrogen) atoms. The molecule has 2 aromatic rings. The lowest BCUT2D eigenvalue weighted by Gasteiger charge is -2.23. The van der Waals surface area contributed by atoms with Gasteiger partial charge in [-0.2, -0.15) is 0 Å². The van der Waals surface area contributed by atoms with Crippen molar-refractivity contribution in [1.29, 1.82) is 0 Å². The molecule has 0 fully saturated rings. The summed E-state index contributed by atoms with van der Waals surface area (Å²) in [5.41, 5.74) is 1.14. The van der Waals surface area contributed by atoms with Crippen molar-refractivity contribution in [2.75, 3.05) is 0 Å². The Kier molecular flexibility index (Phi) is 8.61. The third-order valence-electron chi connectivity index (χ3n) is 4.28. The summed E-state index contributed by atoms with van der Waals surface area (Å²) >= 11 is 0. The molecule has 0 aromatic heterocycles. The number of carbonyl (C=O) groups is 3. The Labute approximate surface area is 182 Å². The Bertz CT molecular complexity index is 871. The van der Waals surface area contributed by atoms with Crippen LogP contribution in [0, 0.1) is 0 Å². The summed E-state index contributed by atoms with van der Waals surface area (Å²) in [7, 11) is 0. The Morgan fingerprint density at radius 2 is 1.58 bits per heavy atom. The molecule has 1 amide bonds. The van der Waals surface area contributed by atoms with E-state index in [1.54, 1.807) is 32.9 Å². The number of alkyl carbamates (subject to hydrolysis) is 1. The number of ketones is 1. The first kappa shape index (κ1) is 23.9. The van der Waals surface area contributed by atoms with Gasteiger partial charge in [0.15, 0.2) is 5.78 Å². The highest BCUT2D eigenvalue weighted by Crippen LogP contribution is 2.16. The Hall–Kier alpha value is -3.35. The zero-order valence-electron chi connectivity index (χ0n) is 18.1. The summed E-state index contributed by atoms with van der Waals surface area (Å²) in [6, 6.07) is 16.1. The highest BCUT2D eigenvalue weighted by atomic mass is 16.6. The van der Waals surface area contributed by atoms with Crippen molar-refractivity contribution in [3.05, 3.63) is 65.7 Å². The van der Waals surface area contributed by atoms with Crippen molar-refractivity contribution in [2.24, 2.45) is 0 Å². The van der Waals surface area contributed by atoms with Gasteiger partial charge in [-0.1, -0.05) is 42.5 Å². The minimum atomic E-state index is -1.07. The molecule has 0 saturated carbocycles. The van der Waals surface area contributed by atoms with Crippen LogP contribution in [0.3, 0.4) is 0 Å². The molecular formula is C24H29NO6. The summed E-state index contributed by atoms with van der Waals surface area (Å²) in [5, 5.41) is 11.4. The van der Waals surface area contributed by atoms with Crippen molar-refractivity contribution in [2.45, 2.75) is 58.3 Å². The van der Waals surface area contributed by atoms with Crippen LogP contribution in [-0.2, 0) is 27.4 Å². The molecule has 0 bridgehead atoms. The summed E-state index contributed by atoms with van der Waals surface area (Å²) < 4.78 is 11.0. The number of hydrogen-bond acceptors (Lipinski definition) is 5. The lowest BCUT2D eigenvalue weighted by Crippen LogP contribution is -2.44. The molecule has 166 valence electrons. The number of benzene rings is 2. The number of carboxylic acids is 1. The molecule has 7 nitrogen and oxygen atoms in total. The number of nitrogens with one attached hydrogen (secondary N) is 1. The van der Waals surface area contributed by atoms with Crippen LogP contribution >= 0.6 is 0 Å². The molecule has 7 heteroatoms.